The molecule has 0 aliphatic heterocycles. The molecule has 1 N–H and O–H groups in total. The number of hydrogen-bond acceptors (Lipinski definition) is 4. The Balaban J connectivity index is 1.48. The molecule has 3 aromatic rings. The lowest BCUT2D eigenvalue weighted by Gasteiger charge is -2.12. The van der Waals surface area contributed by atoms with Crippen molar-refractivity contribution in [3.8, 4) is 5.69 Å². The first kappa shape index (κ1) is 17.2. The third-order valence-corrected chi connectivity index (χ3v) is 4.52. The minimum absolute atomic E-state index is 0.174. The molecule has 2 unspecified atom stereocenters. The van der Waals surface area contributed by atoms with Gasteiger partial charge in [-0.05, 0) is 52.6 Å². The Morgan fingerprint density at radius 2 is 1.96 bits per heavy atom. The molecule has 1 fully saturated rings. The van der Waals surface area contributed by atoms with Crippen LogP contribution in [0, 0.1) is 5.92 Å². The number of halogens is 3. The van der Waals surface area contributed by atoms with Crippen molar-refractivity contribution in [3.63, 3.8) is 0 Å². The average molecular weight is 373 g/mol. The van der Waals surface area contributed by atoms with Gasteiger partial charge in [0, 0.05) is 11.6 Å². The van der Waals surface area contributed by atoms with Crippen LogP contribution in [-0.2, 0) is 11.0 Å². The number of carbonyl (C=O) groups excluding carboxylic acids is 1. The van der Waals surface area contributed by atoms with E-state index in [0.717, 1.165) is 6.07 Å². The molecule has 138 valence electrons. The summed E-state index contributed by atoms with van der Waals surface area (Å²) in [4.78, 5) is 12.5. The standard InChI is InChI=1S/C18H14F3N5O/c19-18(20,21)16-7-2-1-6-13(16)14-9-15(14)17(27)23-11-4-3-5-12(8-11)26-10-22-24-25-26/h1-8,10,14-15H,9H2,(H,23,27). The number of rotatable bonds is 4. The highest BCUT2D eigenvalue weighted by atomic mass is 19.4. The number of anilines is 1. The molecule has 9 heteroatoms. The summed E-state index contributed by atoms with van der Waals surface area (Å²) in [5, 5.41) is 13.6. The lowest BCUT2D eigenvalue weighted by molar-refractivity contribution is -0.138. The molecular weight excluding hydrogens is 359 g/mol. The van der Waals surface area contributed by atoms with Gasteiger partial charge in [-0.3, -0.25) is 4.79 Å². The van der Waals surface area contributed by atoms with Gasteiger partial charge in [0.05, 0.1) is 11.3 Å². The number of carbonyl (C=O) groups is 1. The van der Waals surface area contributed by atoms with Crippen molar-refractivity contribution < 1.29 is 18.0 Å². The maximum Gasteiger partial charge on any atom is 0.416 e. The number of benzene rings is 2. The van der Waals surface area contributed by atoms with E-state index in [0.29, 0.717) is 17.8 Å². The van der Waals surface area contributed by atoms with E-state index in [1.165, 1.54) is 23.1 Å². The number of hydrogen-bond donors (Lipinski definition) is 1. The first-order valence-electron chi connectivity index (χ1n) is 8.24. The van der Waals surface area contributed by atoms with Crippen LogP contribution >= 0.6 is 0 Å². The summed E-state index contributed by atoms with van der Waals surface area (Å²) in [6, 6.07) is 12.3. The van der Waals surface area contributed by atoms with Gasteiger partial charge in [0.15, 0.2) is 0 Å². The Morgan fingerprint density at radius 3 is 2.70 bits per heavy atom. The maximum absolute atomic E-state index is 13.2. The second kappa shape index (κ2) is 6.49. The minimum Gasteiger partial charge on any atom is -0.326 e. The van der Waals surface area contributed by atoms with Gasteiger partial charge in [-0.25, -0.2) is 4.68 Å². The van der Waals surface area contributed by atoms with Gasteiger partial charge < -0.3 is 5.32 Å². The first-order valence-corrected chi connectivity index (χ1v) is 8.24. The summed E-state index contributed by atoms with van der Waals surface area (Å²) in [5.41, 5.74) is 0.689. The van der Waals surface area contributed by atoms with Crippen molar-refractivity contribution in [3.05, 3.63) is 66.0 Å². The number of nitrogens with one attached hydrogen (secondary N) is 1. The van der Waals surface area contributed by atoms with Crippen LogP contribution in [0.4, 0.5) is 18.9 Å². The van der Waals surface area contributed by atoms with Crippen molar-refractivity contribution in [2.75, 3.05) is 5.32 Å². The topological polar surface area (TPSA) is 72.7 Å². The molecule has 6 nitrogen and oxygen atoms in total. The predicted molar refractivity (Wildman–Crippen MR) is 90.1 cm³/mol. The van der Waals surface area contributed by atoms with E-state index in [2.05, 4.69) is 20.8 Å². The average Bonchev–Trinajstić information content (AvgIpc) is 3.26. The van der Waals surface area contributed by atoms with Gasteiger partial charge in [-0.15, -0.1) is 5.10 Å². The number of amides is 1. The zero-order chi connectivity index (χ0) is 19.0. The van der Waals surface area contributed by atoms with E-state index in [1.807, 2.05) is 0 Å². The quantitative estimate of drug-likeness (QED) is 0.761. The first-order chi connectivity index (χ1) is 12.9. The van der Waals surface area contributed by atoms with Crippen molar-refractivity contribution in [1.82, 2.24) is 20.2 Å². The van der Waals surface area contributed by atoms with Gasteiger partial charge in [0.1, 0.15) is 6.33 Å². The number of alkyl halides is 3. The van der Waals surface area contributed by atoms with Crippen LogP contribution in [0.15, 0.2) is 54.9 Å². The highest BCUT2D eigenvalue weighted by molar-refractivity contribution is 5.95. The van der Waals surface area contributed by atoms with Crippen LogP contribution in [0.1, 0.15) is 23.5 Å². The monoisotopic (exact) mass is 373 g/mol. The number of tetrazole rings is 1. The molecule has 1 amide bonds. The Hall–Kier alpha value is -3.23. The lowest BCUT2D eigenvalue weighted by atomic mass is 10.0. The molecule has 1 saturated carbocycles. The van der Waals surface area contributed by atoms with E-state index >= 15 is 0 Å². The molecule has 1 aliphatic carbocycles. The Kier molecular flexibility index (Phi) is 4.14. The van der Waals surface area contributed by atoms with E-state index in [-0.39, 0.29) is 11.5 Å². The zero-order valence-corrected chi connectivity index (χ0v) is 13.9. The van der Waals surface area contributed by atoms with Crippen LogP contribution in [-0.4, -0.2) is 26.1 Å². The summed E-state index contributed by atoms with van der Waals surface area (Å²) < 4.78 is 41.0. The molecule has 27 heavy (non-hydrogen) atoms. The van der Waals surface area contributed by atoms with E-state index in [1.54, 1.807) is 30.3 Å². The summed E-state index contributed by atoms with van der Waals surface area (Å²) in [5.74, 6) is -1.21. The normalized spacial score (nSPS) is 18.9. The lowest BCUT2D eigenvalue weighted by Crippen LogP contribution is -2.16. The van der Waals surface area contributed by atoms with Crippen molar-refractivity contribution in [2.24, 2.45) is 5.92 Å². The SMILES string of the molecule is O=C(Nc1cccc(-n2cnnn2)c1)C1CC1c1ccccc1C(F)(F)F. The summed E-state index contributed by atoms with van der Waals surface area (Å²) >= 11 is 0. The molecule has 0 spiro atoms. The largest absolute Gasteiger partial charge is 0.416 e. The van der Waals surface area contributed by atoms with Crippen molar-refractivity contribution in [2.45, 2.75) is 18.5 Å². The third-order valence-electron chi connectivity index (χ3n) is 4.52. The predicted octanol–water partition coefficient (Wildman–Crippen LogP) is 3.42. The highest BCUT2D eigenvalue weighted by Gasteiger charge is 2.47. The van der Waals surface area contributed by atoms with E-state index in [4.69, 9.17) is 0 Å². The zero-order valence-electron chi connectivity index (χ0n) is 13.9. The molecule has 0 saturated heterocycles. The summed E-state index contributed by atoms with van der Waals surface area (Å²) in [7, 11) is 0. The smallest absolute Gasteiger partial charge is 0.326 e. The molecule has 0 bridgehead atoms. The molecule has 4 rings (SSSR count). The van der Waals surface area contributed by atoms with Crippen LogP contribution in [0.3, 0.4) is 0 Å². The molecule has 1 heterocycles. The second-order valence-corrected chi connectivity index (χ2v) is 6.33. The fourth-order valence-electron chi connectivity index (χ4n) is 3.15. The highest BCUT2D eigenvalue weighted by Crippen LogP contribution is 2.51. The van der Waals surface area contributed by atoms with Gasteiger partial charge >= 0.3 is 6.18 Å². The fraction of sp³-hybridized carbons (Fsp3) is 0.222. The van der Waals surface area contributed by atoms with Gasteiger partial charge in [-0.2, -0.15) is 13.2 Å². The fourth-order valence-corrected chi connectivity index (χ4v) is 3.15. The minimum atomic E-state index is -4.43. The molecule has 2 atom stereocenters. The van der Waals surface area contributed by atoms with Crippen LogP contribution in [0.2, 0.25) is 0 Å². The maximum atomic E-state index is 13.2. The molecule has 1 aliphatic rings. The molecule has 2 aromatic carbocycles. The Labute approximate surface area is 152 Å². The van der Waals surface area contributed by atoms with Crippen molar-refractivity contribution in [1.29, 1.82) is 0 Å². The molecular formula is C18H14F3N5O. The molecule has 1 aromatic heterocycles. The Morgan fingerprint density at radius 1 is 1.15 bits per heavy atom. The molecule has 0 radical (unpaired) electrons. The van der Waals surface area contributed by atoms with Crippen LogP contribution in [0.25, 0.3) is 5.69 Å². The van der Waals surface area contributed by atoms with E-state index in [9.17, 15) is 18.0 Å². The Bertz CT molecular complexity index is 971. The third kappa shape index (κ3) is 3.53. The summed E-state index contributed by atoms with van der Waals surface area (Å²) in [6.45, 7) is 0. The van der Waals surface area contributed by atoms with Gasteiger partial charge in [0.2, 0.25) is 5.91 Å². The van der Waals surface area contributed by atoms with E-state index < -0.39 is 23.6 Å². The second-order valence-electron chi connectivity index (χ2n) is 6.33. The van der Waals surface area contributed by atoms with Gasteiger partial charge in [0.25, 0.3) is 0 Å². The van der Waals surface area contributed by atoms with Crippen LogP contribution in [0.5, 0.6) is 0 Å². The van der Waals surface area contributed by atoms with Gasteiger partial charge in [-0.1, -0.05) is 24.3 Å². The summed E-state index contributed by atoms with van der Waals surface area (Å²) in [6.07, 6.45) is -2.61. The number of aromatic nitrogens is 4. The van der Waals surface area contributed by atoms with Crippen molar-refractivity contribution >= 4 is 11.6 Å². The van der Waals surface area contributed by atoms with Crippen LogP contribution < -0.4 is 5.32 Å². The number of nitrogens with zero attached hydrogens (tertiary/aromatic N) is 4.